The summed E-state index contributed by atoms with van der Waals surface area (Å²) in [6.45, 7) is 3.97. The van der Waals surface area contributed by atoms with Gasteiger partial charge in [-0.15, -0.1) is 12.4 Å². The van der Waals surface area contributed by atoms with E-state index in [9.17, 15) is 4.79 Å². The van der Waals surface area contributed by atoms with Gasteiger partial charge in [-0.1, -0.05) is 0 Å². The van der Waals surface area contributed by atoms with Crippen LogP contribution in [0, 0.1) is 23.2 Å². The fourth-order valence-electron chi connectivity index (χ4n) is 5.21. The van der Waals surface area contributed by atoms with E-state index in [2.05, 4.69) is 12.2 Å². The molecule has 4 fully saturated rings. The molecule has 4 bridgehead atoms. The molecule has 3 nitrogen and oxygen atoms in total. The molecular formula is C15H27ClN2O. The van der Waals surface area contributed by atoms with Crippen molar-refractivity contribution in [2.24, 2.45) is 28.9 Å². The van der Waals surface area contributed by atoms with Gasteiger partial charge < -0.3 is 11.1 Å². The third-order valence-electron chi connectivity index (χ3n) is 5.78. The molecule has 110 valence electrons. The Labute approximate surface area is 122 Å². The Morgan fingerprint density at radius 3 is 1.89 bits per heavy atom. The van der Waals surface area contributed by atoms with Gasteiger partial charge in [0.05, 0.1) is 6.04 Å². The Morgan fingerprint density at radius 1 is 1.11 bits per heavy atom. The van der Waals surface area contributed by atoms with Crippen LogP contribution in [0.15, 0.2) is 0 Å². The van der Waals surface area contributed by atoms with Gasteiger partial charge in [0.1, 0.15) is 0 Å². The third-order valence-corrected chi connectivity index (χ3v) is 5.78. The van der Waals surface area contributed by atoms with Crippen molar-refractivity contribution >= 4 is 18.3 Å². The average Bonchev–Trinajstić information content (AvgIpc) is 2.26. The van der Waals surface area contributed by atoms with Gasteiger partial charge in [-0.3, -0.25) is 4.79 Å². The molecule has 0 heterocycles. The van der Waals surface area contributed by atoms with Crippen molar-refractivity contribution in [1.29, 1.82) is 0 Å². The van der Waals surface area contributed by atoms with Gasteiger partial charge in [0, 0.05) is 6.04 Å². The maximum Gasteiger partial charge on any atom is 0.236 e. The highest BCUT2D eigenvalue weighted by Gasteiger charge is 2.53. The minimum atomic E-state index is -0.388. The van der Waals surface area contributed by atoms with Gasteiger partial charge in [-0.25, -0.2) is 0 Å². The summed E-state index contributed by atoms with van der Waals surface area (Å²) in [7, 11) is 0. The quantitative estimate of drug-likeness (QED) is 0.837. The molecule has 0 aromatic carbocycles. The monoisotopic (exact) mass is 286 g/mol. The molecule has 1 amide bonds. The van der Waals surface area contributed by atoms with Crippen LogP contribution in [0.1, 0.15) is 52.4 Å². The highest BCUT2D eigenvalue weighted by molar-refractivity contribution is 5.85. The van der Waals surface area contributed by atoms with Crippen LogP contribution in [0.2, 0.25) is 0 Å². The molecular weight excluding hydrogens is 260 g/mol. The van der Waals surface area contributed by atoms with Crippen LogP contribution >= 0.6 is 12.4 Å². The van der Waals surface area contributed by atoms with Crippen LogP contribution in [-0.4, -0.2) is 18.0 Å². The summed E-state index contributed by atoms with van der Waals surface area (Å²) in [4.78, 5) is 11.8. The molecule has 4 rings (SSSR count). The second kappa shape index (κ2) is 5.25. The van der Waals surface area contributed by atoms with Gasteiger partial charge in [0.25, 0.3) is 0 Å². The number of nitrogens with two attached hydrogens (primary N) is 1. The van der Waals surface area contributed by atoms with Crippen LogP contribution in [0.5, 0.6) is 0 Å². The molecule has 4 saturated carbocycles. The molecule has 0 spiro atoms. The van der Waals surface area contributed by atoms with Crippen molar-refractivity contribution in [3.8, 4) is 0 Å². The first-order valence-electron chi connectivity index (χ1n) is 7.54. The highest BCUT2D eigenvalue weighted by Crippen LogP contribution is 2.61. The summed E-state index contributed by atoms with van der Waals surface area (Å²) >= 11 is 0. The molecule has 4 aliphatic carbocycles. The lowest BCUT2D eigenvalue weighted by molar-refractivity contribution is -0.126. The lowest BCUT2D eigenvalue weighted by atomic mass is 9.48. The van der Waals surface area contributed by atoms with Crippen molar-refractivity contribution in [3.63, 3.8) is 0 Å². The van der Waals surface area contributed by atoms with Crippen molar-refractivity contribution in [1.82, 2.24) is 5.32 Å². The van der Waals surface area contributed by atoms with E-state index >= 15 is 0 Å². The molecule has 0 aliphatic heterocycles. The zero-order chi connectivity index (χ0) is 12.9. The number of hydrogen-bond donors (Lipinski definition) is 2. The maximum absolute atomic E-state index is 11.8. The molecule has 3 N–H and O–H groups in total. The molecule has 19 heavy (non-hydrogen) atoms. The molecule has 0 saturated heterocycles. The van der Waals surface area contributed by atoms with E-state index in [-0.39, 0.29) is 24.4 Å². The molecule has 4 heteroatoms. The number of halogens is 1. The topological polar surface area (TPSA) is 55.1 Å². The largest absolute Gasteiger partial charge is 0.352 e. The Bertz CT molecular complexity index is 321. The van der Waals surface area contributed by atoms with Crippen molar-refractivity contribution < 1.29 is 4.79 Å². The average molecular weight is 287 g/mol. The van der Waals surface area contributed by atoms with E-state index in [1.54, 1.807) is 6.92 Å². The summed E-state index contributed by atoms with van der Waals surface area (Å²) in [5.41, 5.74) is 6.05. The molecule has 2 unspecified atom stereocenters. The van der Waals surface area contributed by atoms with Crippen LogP contribution in [0.4, 0.5) is 0 Å². The zero-order valence-corrected chi connectivity index (χ0v) is 12.8. The van der Waals surface area contributed by atoms with Gasteiger partial charge in [0.15, 0.2) is 0 Å². The lowest BCUT2D eigenvalue weighted by Crippen LogP contribution is -2.57. The normalized spacial score (nSPS) is 42.4. The molecule has 0 aromatic heterocycles. The van der Waals surface area contributed by atoms with E-state index in [1.807, 2.05) is 0 Å². The van der Waals surface area contributed by atoms with E-state index in [1.165, 1.54) is 38.5 Å². The standard InChI is InChI=1S/C15H26N2O.ClH/c1-9(16)14(18)17-10(2)15-6-11-3-12(7-15)5-13(4-11)8-15;/h9-13H,3-8,16H2,1-2H3,(H,17,18);1H. The number of carbonyl (C=O) groups is 1. The Balaban J connectivity index is 0.00000133. The summed E-state index contributed by atoms with van der Waals surface area (Å²) < 4.78 is 0. The number of rotatable bonds is 3. The SMILES string of the molecule is CC(N)C(=O)NC(C)C12CC3CC(CC(C3)C1)C2.Cl. The van der Waals surface area contributed by atoms with Crippen LogP contribution < -0.4 is 11.1 Å². The summed E-state index contributed by atoms with van der Waals surface area (Å²) in [5, 5.41) is 3.17. The Morgan fingerprint density at radius 2 is 1.53 bits per heavy atom. The summed E-state index contributed by atoms with van der Waals surface area (Å²) in [6.07, 6.45) is 8.35. The summed E-state index contributed by atoms with van der Waals surface area (Å²) in [6, 6.07) is -0.0919. The number of nitrogens with one attached hydrogen (secondary N) is 1. The maximum atomic E-state index is 11.8. The third kappa shape index (κ3) is 2.64. The van der Waals surface area contributed by atoms with Gasteiger partial charge >= 0.3 is 0 Å². The number of carbonyl (C=O) groups excluding carboxylic acids is 1. The Kier molecular flexibility index (Phi) is 4.18. The fourth-order valence-corrected chi connectivity index (χ4v) is 5.21. The first kappa shape index (κ1) is 15.1. The van der Waals surface area contributed by atoms with E-state index in [0.717, 1.165) is 17.8 Å². The molecule has 0 radical (unpaired) electrons. The molecule has 0 aromatic rings. The van der Waals surface area contributed by atoms with Crippen molar-refractivity contribution in [2.75, 3.05) is 0 Å². The molecule has 2 atom stereocenters. The van der Waals surface area contributed by atoms with Crippen molar-refractivity contribution in [3.05, 3.63) is 0 Å². The first-order chi connectivity index (χ1) is 8.48. The Hall–Kier alpha value is -0.280. The smallest absolute Gasteiger partial charge is 0.236 e. The first-order valence-corrected chi connectivity index (χ1v) is 7.54. The lowest BCUT2D eigenvalue weighted by Gasteiger charge is -2.59. The van der Waals surface area contributed by atoms with Crippen LogP contribution in [0.25, 0.3) is 0 Å². The second-order valence-electron chi connectivity index (χ2n) is 7.30. The predicted octanol–water partition coefficient (Wildman–Crippen LogP) is 2.48. The fraction of sp³-hybridized carbons (Fsp3) is 0.933. The highest BCUT2D eigenvalue weighted by atomic mass is 35.5. The number of amides is 1. The zero-order valence-electron chi connectivity index (χ0n) is 12.0. The van der Waals surface area contributed by atoms with E-state index < -0.39 is 0 Å². The second-order valence-corrected chi connectivity index (χ2v) is 7.30. The summed E-state index contributed by atoms with van der Waals surface area (Å²) in [5.74, 6) is 2.82. The predicted molar refractivity (Wildman–Crippen MR) is 79.1 cm³/mol. The minimum absolute atomic E-state index is 0. The number of hydrogen-bond acceptors (Lipinski definition) is 2. The van der Waals surface area contributed by atoms with Crippen molar-refractivity contribution in [2.45, 2.75) is 64.5 Å². The van der Waals surface area contributed by atoms with Gasteiger partial charge in [0.2, 0.25) is 5.91 Å². The molecule has 4 aliphatic rings. The van der Waals surface area contributed by atoms with Crippen LogP contribution in [0.3, 0.4) is 0 Å². The van der Waals surface area contributed by atoms with Gasteiger partial charge in [-0.05, 0) is 75.5 Å². The van der Waals surface area contributed by atoms with E-state index in [0.29, 0.717) is 11.5 Å². The van der Waals surface area contributed by atoms with Gasteiger partial charge in [-0.2, -0.15) is 0 Å². The van der Waals surface area contributed by atoms with Crippen LogP contribution in [-0.2, 0) is 4.79 Å². The van der Waals surface area contributed by atoms with E-state index in [4.69, 9.17) is 5.73 Å². The minimum Gasteiger partial charge on any atom is -0.352 e.